The number of carboxylic acid groups (broad SMARTS) is 2. The molecule has 160 valence electrons. The van der Waals surface area contributed by atoms with Gasteiger partial charge in [-0.15, -0.1) is 0 Å². The molecule has 0 unspecified atom stereocenters. The Hall–Kier alpha value is -3.40. The Kier molecular flexibility index (Phi) is 12.9. The Labute approximate surface area is 170 Å². The summed E-state index contributed by atoms with van der Waals surface area (Å²) >= 11 is 0. The number of nitrogens with zero attached hydrogens (tertiary/aromatic N) is 3. The predicted octanol–water partition coefficient (Wildman–Crippen LogP) is 1.52. The fraction of sp³-hybridized carbons (Fsp3) is 0.368. The van der Waals surface area contributed by atoms with Gasteiger partial charge in [0.2, 0.25) is 0 Å². The summed E-state index contributed by atoms with van der Waals surface area (Å²) in [6.45, 7) is 3.30. The van der Waals surface area contributed by atoms with Crippen LogP contribution in [0.25, 0.3) is 0 Å². The van der Waals surface area contributed by atoms with Crippen LogP contribution in [-0.2, 0) is 29.2 Å². The van der Waals surface area contributed by atoms with Gasteiger partial charge in [-0.2, -0.15) is 0 Å². The first kappa shape index (κ1) is 25.6. The molecule has 0 fully saturated rings. The maximum atomic E-state index is 12.2. The molecule has 2 rings (SSSR count). The summed E-state index contributed by atoms with van der Waals surface area (Å²) < 4.78 is 0. The lowest BCUT2D eigenvalue weighted by atomic mass is 10.1. The van der Waals surface area contributed by atoms with Gasteiger partial charge in [-0.1, -0.05) is 24.3 Å². The Morgan fingerprint density at radius 2 is 1.72 bits per heavy atom. The second kappa shape index (κ2) is 14.6. The van der Waals surface area contributed by atoms with E-state index < -0.39 is 0 Å². The number of nitrogens with one attached hydrogen (secondary N) is 2. The first-order valence-corrected chi connectivity index (χ1v) is 8.65. The van der Waals surface area contributed by atoms with Crippen LogP contribution >= 0.6 is 0 Å². The van der Waals surface area contributed by atoms with Gasteiger partial charge in [0, 0.05) is 32.0 Å². The number of aromatic nitrogens is 2. The number of hydrogen-bond acceptors (Lipinski definition) is 5. The molecule has 0 spiro atoms. The molecule has 2 amide bonds. The van der Waals surface area contributed by atoms with E-state index in [9.17, 15) is 4.79 Å². The molecule has 10 heteroatoms. The topological polar surface area (TPSA) is 139 Å². The first-order chi connectivity index (χ1) is 13.8. The van der Waals surface area contributed by atoms with Crippen LogP contribution in [0.1, 0.15) is 22.6 Å². The minimum absolute atomic E-state index is 0.114. The zero-order valence-corrected chi connectivity index (χ0v) is 17.1. The number of hydrogen-bond donors (Lipinski definition) is 4. The van der Waals surface area contributed by atoms with Crippen LogP contribution < -0.4 is 5.32 Å². The van der Waals surface area contributed by atoms with E-state index in [1.807, 2.05) is 33.2 Å². The second-order valence-electron chi connectivity index (χ2n) is 6.30. The Bertz CT molecular complexity index is 742. The van der Waals surface area contributed by atoms with Crippen LogP contribution in [0.3, 0.4) is 0 Å². The number of carbonyl (C=O) groups excluding carboxylic acids is 1. The number of carbonyl (C=O) groups is 3. The molecular formula is C19H29N5O5. The highest BCUT2D eigenvalue weighted by Crippen LogP contribution is 2.07. The van der Waals surface area contributed by atoms with E-state index in [-0.39, 0.29) is 19.0 Å². The van der Waals surface area contributed by atoms with Gasteiger partial charge in [0.1, 0.15) is 5.82 Å². The smallest absolute Gasteiger partial charge is 0.317 e. The van der Waals surface area contributed by atoms with E-state index in [2.05, 4.69) is 32.3 Å². The third-order valence-corrected chi connectivity index (χ3v) is 3.42. The van der Waals surface area contributed by atoms with Crippen LogP contribution in [0.5, 0.6) is 0 Å². The van der Waals surface area contributed by atoms with Gasteiger partial charge in [-0.05, 0) is 32.1 Å². The molecule has 0 saturated carbocycles. The standard InChI is InChI=1S/C17H25N5O.2CH2O2/c1-13-9-18-16(20-13)12-22(4)17(23)19-10-14-6-5-7-15(8-14)11-21(2)3;2*2-1-3/h5-9H,10-12H2,1-4H3,(H,18,20)(H,19,23);2*1H,(H,2,3). The van der Waals surface area contributed by atoms with Crippen molar-refractivity contribution in [2.24, 2.45) is 0 Å². The maximum Gasteiger partial charge on any atom is 0.317 e. The second-order valence-corrected chi connectivity index (χ2v) is 6.30. The molecule has 0 aliphatic heterocycles. The van der Waals surface area contributed by atoms with E-state index in [1.165, 1.54) is 5.56 Å². The number of aryl methyl sites for hydroxylation is 1. The summed E-state index contributed by atoms with van der Waals surface area (Å²) in [6.07, 6.45) is 1.76. The van der Waals surface area contributed by atoms with Crippen molar-refractivity contribution in [1.29, 1.82) is 0 Å². The molecule has 0 atom stereocenters. The van der Waals surface area contributed by atoms with Gasteiger partial charge >= 0.3 is 6.03 Å². The summed E-state index contributed by atoms with van der Waals surface area (Å²) in [5.41, 5.74) is 3.33. The minimum Gasteiger partial charge on any atom is -0.483 e. The van der Waals surface area contributed by atoms with E-state index in [0.29, 0.717) is 13.1 Å². The van der Waals surface area contributed by atoms with Gasteiger partial charge in [0.15, 0.2) is 0 Å². The molecule has 1 heterocycles. The van der Waals surface area contributed by atoms with E-state index in [0.717, 1.165) is 23.6 Å². The number of urea groups is 1. The molecule has 0 aliphatic rings. The van der Waals surface area contributed by atoms with Crippen molar-refractivity contribution in [3.8, 4) is 0 Å². The number of benzene rings is 1. The summed E-state index contributed by atoms with van der Waals surface area (Å²) in [7, 11) is 5.84. The SMILES string of the molecule is Cc1cnc(CN(C)C(=O)NCc2cccc(CN(C)C)c2)[nH]1.O=CO.O=CO. The Morgan fingerprint density at radius 3 is 2.24 bits per heavy atom. The third-order valence-electron chi connectivity index (χ3n) is 3.42. The van der Waals surface area contributed by atoms with Gasteiger partial charge in [-0.3, -0.25) is 9.59 Å². The number of amides is 2. The zero-order chi connectivity index (χ0) is 22.2. The fourth-order valence-corrected chi connectivity index (χ4v) is 2.36. The van der Waals surface area contributed by atoms with E-state index in [4.69, 9.17) is 19.8 Å². The van der Waals surface area contributed by atoms with Crippen LogP contribution in [0.2, 0.25) is 0 Å². The number of rotatable bonds is 6. The van der Waals surface area contributed by atoms with Crippen molar-refractivity contribution in [2.45, 2.75) is 26.6 Å². The molecule has 1 aromatic carbocycles. The van der Waals surface area contributed by atoms with Gasteiger partial charge in [-0.25, -0.2) is 9.78 Å². The lowest BCUT2D eigenvalue weighted by molar-refractivity contribution is -0.123. The molecular weight excluding hydrogens is 378 g/mol. The van der Waals surface area contributed by atoms with Crippen molar-refractivity contribution in [3.05, 3.63) is 53.1 Å². The molecule has 2 aromatic rings. The number of H-pyrrole nitrogens is 1. The Balaban J connectivity index is 0.00000116. The Morgan fingerprint density at radius 1 is 1.14 bits per heavy atom. The fourth-order valence-electron chi connectivity index (χ4n) is 2.36. The maximum absolute atomic E-state index is 12.2. The first-order valence-electron chi connectivity index (χ1n) is 8.65. The molecule has 0 aliphatic carbocycles. The zero-order valence-electron chi connectivity index (χ0n) is 17.1. The van der Waals surface area contributed by atoms with Crippen LogP contribution in [-0.4, -0.2) is 70.1 Å². The van der Waals surface area contributed by atoms with E-state index in [1.54, 1.807) is 18.1 Å². The molecule has 4 N–H and O–H groups in total. The monoisotopic (exact) mass is 407 g/mol. The highest BCUT2D eigenvalue weighted by Gasteiger charge is 2.10. The molecule has 29 heavy (non-hydrogen) atoms. The number of imidazole rings is 1. The van der Waals surface area contributed by atoms with Crippen LogP contribution in [0, 0.1) is 6.92 Å². The van der Waals surface area contributed by atoms with Crippen molar-refractivity contribution in [1.82, 2.24) is 25.1 Å². The minimum atomic E-state index is -0.250. The van der Waals surface area contributed by atoms with Gasteiger partial charge < -0.3 is 30.3 Å². The summed E-state index contributed by atoms with van der Waals surface area (Å²) in [5, 5.41) is 16.7. The lowest BCUT2D eigenvalue weighted by Gasteiger charge is -2.17. The average Bonchev–Trinajstić information content (AvgIpc) is 3.05. The lowest BCUT2D eigenvalue weighted by Crippen LogP contribution is -2.36. The highest BCUT2D eigenvalue weighted by molar-refractivity contribution is 5.73. The number of aromatic amines is 1. The van der Waals surface area contributed by atoms with Crippen LogP contribution in [0.4, 0.5) is 4.79 Å². The molecule has 10 nitrogen and oxygen atoms in total. The summed E-state index contributed by atoms with van der Waals surface area (Å²) in [4.78, 5) is 39.9. The normalized spacial score (nSPS) is 9.41. The van der Waals surface area contributed by atoms with Crippen molar-refractivity contribution < 1.29 is 24.6 Å². The third kappa shape index (κ3) is 11.8. The van der Waals surface area contributed by atoms with Crippen LogP contribution in [0.15, 0.2) is 30.5 Å². The summed E-state index contributed by atoms with van der Waals surface area (Å²) in [5.74, 6) is 0.785. The average molecular weight is 407 g/mol. The van der Waals surface area contributed by atoms with E-state index >= 15 is 0 Å². The molecule has 1 aromatic heterocycles. The quantitative estimate of drug-likeness (QED) is 0.533. The van der Waals surface area contributed by atoms with Gasteiger partial charge in [0.05, 0.1) is 6.54 Å². The van der Waals surface area contributed by atoms with Crippen molar-refractivity contribution >= 4 is 19.0 Å². The molecule has 0 radical (unpaired) electrons. The van der Waals surface area contributed by atoms with Gasteiger partial charge in [0.25, 0.3) is 12.9 Å². The van der Waals surface area contributed by atoms with Crippen molar-refractivity contribution in [3.63, 3.8) is 0 Å². The highest BCUT2D eigenvalue weighted by atomic mass is 16.3. The van der Waals surface area contributed by atoms with Crippen molar-refractivity contribution in [2.75, 3.05) is 21.1 Å². The largest absolute Gasteiger partial charge is 0.483 e. The molecule has 0 bridgehead atoms. The summed E-state index contributed by atoms with van der Waals surface area (Å²) in [6, 6.07) is 8.15. The molecule has 0 saturated heterocycles. The predicted molar refractivity (Wildman–Crippen MR) is 108 cm³/mol.